The van der Waals surface area contributed by atoms with E-state index < -0.39 is 0 Å². The van der Waals surface area contributed by atoms with E-state index in [1.165, 1.54) is 36.0 Å². The molecule has 1 saturated carbocycles. The highest BCUT2D eigenvalue weighted by molar-refractivity contribution is 6.31. The van der Waals surface area contributed by atoms with Crippen molar-refractivity contribution in [2.24, 2.45) is 5.92 Å². The Labute approximate surface area is 84.9 Å². The van der Waals surface area contributed by atoms with E-state index in [4.69, 9.17) is 11.6 Å². The summed E-state index contributed by atoms with van der Waals surface area (Å²) in [6, 6.07) is 4.30. The van der Waals surface area contributed by atoms with Crippen molar-refractivity contribution in [3.8, 4) is 0 Å². The monoisotopic (exact) mass is 194 g/mol. The Morgan fingerprint density at radius 2 is 2.00 bits per heavy atom. The topological polar surface area (TPSA) is 0 Å². The van der Waals surface area contributed by atoms with E-state index in [1.807, 2.05) is 0 Å². The van der Waals surface area contributed by atoms with Gasteiger partial charge in [0, 0.05) is 5.02 Å². The van der Waals surface area contributed by atoms with Crippen LogP contribution in [0.5, 0.6) is 0 Å². The summed E-state index contributed by atoms with van der Waals surface area (Å²) in [6.07, 6.45) is 3.97. The minimum atomic E-state index is 0.916. The third-order valence-corrected chi connectivity index (χ3v) is 3.09. The number of hydrogen-bond donors (Lipinski definition) is 0. The first kappa shape index (κ1) is 9.08. The second-order valence-corrected chi connectivity index (χ2v) is 4.60. The molecule has 1 fully saturated rings. The van der Waals surface area contributed by atoms with Crippen LogP contribution in [-0.2, 0) is 6.42 Å². The Morgan fingerprint density at radius 3 is 2.54 bits per heavy atom. The van der Waals surface area contributed by atoms with Crippen molar-refractivity contribution in [1.82, 2.24) is 0 Å². The molecule has 2 rings (SSSR count). The van der Waals surface area contributed by atoms with E-state index in [1.54, 1.807) is 0 Å². The molecule has 0 aliphatic heterocycles. The summed E-state index contributed by atoms with van der Waals surface area (Å²) >= 11 is 6.21. The van der Waals surface area contributed by atoms with E-state index in [-0.39, 0.29) is 0 Å². The molecule has 1 aromatic rings. The van der Waals surface area contributed by atoms with Crippen molar-refractivity contribution < 1.29 is 0 Å². The fourth-order valence-electron chi connectivity index (χ4n) is 1.81. The van der Waals surface area contributed by atoms with Crippen LogP contribution in [0.2, 0.25) is 5.02 Å². The molecular formula is C12H15Cl. The van der Waals surface area contributed by atoms with E-state index in [9.17, 15) is 0 Å². The molecule has 0 amide bonds. The molecule has 0 unspecified atom stereocenters. The molecule has 13 heavy (non-hydrogen) atoms. The lowest BCUT2D eigenvalue weighted by Gasteiger charge is -2.08. The van der Waals surface area contributed by atoms with E-state index in [2.05, 4.69) is 26.0 Å². The summed E-state index contributed by atoms with van der Waals surface area (Å²) in [5.41, 5.74) is 3.99. The molecule has 0 nitrogen and oxygen atoms in total. The minimum Gasteiger partial charge on any atom is -0.0840 e. The van der Waals surface area contributed by atoms with Gasteiger partial charge < -0.3 is 0 Å². The summed E-state index contributed by atoms with van der Waals surface area (Å²) in [5, 5.41) is 0.962. The lowest BCUT2D eigenvalue weighted by molar-refractivity contribution is 0.826. The third kappa shape index (κ3) is 2.05. The molecular weight excluding hydrogens is 180 g/mol. The third-order valence-electron chi connectivity index (χ3n) is 2.75. The number of hydrogen-bond acceptors (Lipinski definition) is 0. The largest absolute Gasteiger partial charge is 0.0840 e. The first-order valence-electron chi connectivity index (χ1n) is 4.92. The van der Waals surface area contributed by atoms with Crippen molar-refractivity contribution in [1.29, 1.82) is 0 Å². The molecule has 70 valence electrons. The molecule has 1 aliphatic rings. The summed E-state index contributed by atoms with van der Waals surface area (Å²) in [4.78, 5) is 0. The molecule has 0 spiro atoms. The van der Waals surface area contributed by atoms with Crippen LogP contribution in [0.1, 0.15) is 29.5 Å². The van der Waals surface area contributed by atoms with E-state index >= 15 is 0 Å². The predicted octanol–water partition coefficient (Wildman–Crippen LogP) is 3.91. The molecule has 1 heteroatoms. The summed E-state index contributed by atoms with van der Waals surface area (Å²) in [5.74, 6) is 0.916. The van der Waals surface area contributed by atoms with Crippen molar-refractivity contribution in [3.63, 3.8) is 0 Å². The fourth-order valence-corrected chi connectivity index (χ4v) is 2.21. The van der Waals surface area contributed by atoms with Gasteiger partial charge >= 0.3 is 0 Å². The molecule has 1 aliphatic carbocycles. The van der Waals surface area contributed by atoms with Crippen LogP contribution in [0.25, 0.3) is 0 Å². The van der Waals surface area contributed by atoms with Gasteiger partial charge in [0.2, 0.25) is 0 Å². The molecule has 0 radical (unpaired) electrons. The van der Waals surface area contributed by atoms with Gasteiger partial charge in [0.25, 0.3) is 0 Å². The Bertz CT molecular complexity index is 301. The standard InChI is InChI=1S/C12H15Cl/c1-8-5-9(2)11(12(13)6-8)7-10-3-4-10/h5-6,10H,3-4,7H2,1-2H3. The average Bonchev–Trinajstić information content (AvgIpc) is 2.79. The Balaban J connectivity index is 2.31. The fraction of sp³-hybridized carbons (Fsp3) is 0.500. The molecule has 1 aromatic carbocycles. The van der Waals surface area contributed by atoms with Crippen LogP contribution < -0.4 is 0 Å². The average molecular weight is 195 g/mol. The van der Waals surface area contributed by atoms with Crippen LogP contribution in [0, 0.1) is 19.8 Å². The lowest BCUT2D eigenvalue weighted by atomic mass is 10.0. The number of benzene rings is 1. The normalized spacial score (nSPS) is 16.2. The van der Waals surface area contributed by atoms with Crippen LogP contribution in [0.3, 0.4) is 0 Å². The molecule has 0 N–H and O–H groups in total. The van der Waals surface area contributed by atoms with Gasteiger partial charge in [-0.2, -0.15) is 0 Å². The molecule has 0 atom stereocenters. The Kier molecular flexibility index (Phi) is 2.33. The highest BCUT2D eigenvalue weighted by Gasteiger charge is 2.23. The van der Waals surface area contributed by atoms with Gasteiger partial charge in [-0.15, -0.1) is 0 Å². The summed E-state index contributed by atoms with van der Waals surface area (Å²) in [7, 11) is 0. The molecule has 0 heterocycles. The second-order valence-electron chi connectivity index (χ2n) is 4.19. The van der Waals surface area contributed by atoms with Gasteiger partial charge in [-0.1, -0.05) is 17.7 Å². The zero-order valence-electron chi connectivity index (χ0n) is 8.23. The maximum atomic E-state index is 6.21. The minimum absolute atomic E-state index is 0.916. The zero-order valence-corrected chi connectivity index (χ0v) is 8.99. The Morgan fingerprint density at radius 1 is 1.31 bits per heavy atom. The van der Waals surface area contributed by atoms with E-state index in [0.29, 0.717) is 0 Å². The maximum absolute atomic E-state index is 6.21. The van der Waals surface area contributed by atoms with E-state index in [0.717, 1.165) is 10.9 Å². The first-order chi connectivity index (χ1) is 6.16. The SMILES string of the molecule is Cc1cc(C)c(CC2CC2)c(Cl)c1. The van der Waals surface area contributed by atoms with Gasteiger partial charge in [0.15, 0.2) is 0 Å². The van der Waals surface area contributed by atoms with Gasteiger partial charge in [-0.3, -0.25) is 0 Å². The summed E-state index contributed by atoms with van der Waals surface area (Å²) in [6.45, 7) is 4.26. The predicted molar refractivity (Wildman–Crippen MR) is 57.4 cm³/mol. The van der Waals surface area contributed by atoms with Crippen molar-refractivity contribution in [3.05, 3.63) is 33.8 Å². The molecule has 0 bridgehead atoms. The van der Waals surface area contributed by atoms with Crippen LogP contribution in [-0.4, -0.2) is 0 Å². The highest BCUT2D eigenvalue weighted by atomic mass is 35.5. The van der Waals surface area contributed by atoms with Crippen molar-refractivity contribution >= 4 is 11.6 Å². The summed E-state index contributed by atoms with van der Waals surface area (Å²) < 4.78 is 0. The highest BCUT2D eigenvalue weighted by Crippen LogP contribution is 2.35. The van der Waals surface area contributed by atoms with Crippen molar-refractivity contribution in [2.75, 3.05) is 0 Å². The van der Waals surface area contributed by atoms with Gasteiger partial charge in [0.05, 0.1) is 0 Å². The smallest absolute Gasteiger partial charge is 0.0443 e. The maximum Gasteiger partial charge on any atom is 0.0443 e. The second kappa shape index (κ2) is 3.34. The quantitative estimate of drug-likeness (QED) is 0.670. The van der Waals surface area contributed by atoms with Crippen LogP contribution >= 0.6 is 11.6 Å². The molecule has 0 saturated heterocycles. The van der Waals surface area contributed by atoms with Gasteiger partial charge in [-0.25, -0.2) is 0 Å². The number of halogens is 1. The van der Waals surface area contributed by atoms with Crippen LogP contribution in [0.15, 0.2) is 12.1 Å². The first-order valence-corrected chi connectivity index (χ1v) is 5.30. The Hall–Kier alpha value is -0.490. The van der Waals surface area contributed by atoms with Crippen molar-refractivity contribution in [2.45, 2.75) is 33.1 Å². The zero-order chi connectivity index (χ0) is 9.42. The number of aryl methyl sites for hydroxylation is 2. The van der Waals surface area contributed by atoms with Crippen LogP contribution in [0.4, 0.5) is 0 Å². The lowest BCUT2D eigenvalue weighted by Crippen LogP contribution is -1.93. The van der Waals surface area contributed by atoms with Gasteiger partial charge in [-0.05, 0) is 61.8 Å². The van der Waals surface area contributed by atoms with Gasteiger partial charge in [0.1, 0.15) is 0 Å². The number of rotatable bonds is 2. The molecule has 0 aromatic heterocycles.